The summed E-state index contributed by atoms with van der Waals surface area (Å²) in [6.45, 7) is 0. The third-order valence-corrected chi connectivity index (χ3v) is 3.14. The number of aromatic carboxylic acids is 2. The molecule has 0 unspecified atom stereocenters. The molecule has 0 aliphatic rings. The first-order valence-corrected chi connectivity index (χ1v) is 6.63. The molecule has 0 radical (unpaired) electrons. The van der Waals surface area contributed by atoms with E-state index in [0.29, 0.717) is 22.1 Å². The van der Waals surface area contributed by atoms with Gasteiger partial charge in [0.25, 0.3) is 0 Å². The van der Waals surface area contributed by atoms with Crippen molar-refractivity contribution >= 4 is 34.0 Å². The van der Waals surface area contributed by atoms with Crippen molar-refractivity contribution in [3.63, 3.8) is 0 Å². The minimum atomic E-state index is -0.991. The zero-order valence-corrected chi connectivity index (χ0v) is 12.0. The fraction of sp³-hybridized carbons (Fsp3) is 0. The van der Waals surface area contributed by atoms with Gasteiger partial charge in [0.15, 0.2) is 0 Å². The summed E-state index contributed by atoms with van der Waals surface area (Å²) in [4.78, 5) is 21.1. The van der Waals surface area contributed by atoms with Gasteiger partial charge in [-0.25, -0.2) is 9.59 Å². The van der Waals surface area contributed by atoms with Crippen LogP contribution in [0.15, 0.2) is 36.4 Å². The third-order valence-electron chi connectivity index (χ3n) is 3.14. The van der Waals surface area contributed by atoms with Crippen molar-refractivity contribution < 1.29 is 19.8 Å². The lowest BCUT2D eigenvalue weighted by molar-refractivity contribution is 0.0687. The molecule has 4 N–H and O–H groups in total. The largest absolute Gasteiger partial charge is 0.478 e. The van der Waals surface area contributed by atoms with E-state index in [4.69, 9.17) is 10.2 Å². The second-order valence-electron chi connectivity index (χ2n) is 4.63. The molecule has 10 nitrogen and oxygen atoms in total. The molecule has 0 saturated carbocycles. The van der Waals surface area contributed by atoms with E-state index in [2.05, 4.69) is 30.8 Å². The van der Waals surface area contributed by atoms with Crippen molar-refractivity contribution in [2.24, 2.45) is 0 Å². The first kappa shape index (κ1) is 15.1. The molecule has 0 amide bonds. The topological polar surface area (TPSA) is 158 Å². The summed E-state index contributed by atoms with van der Waals surface area (Å²) in [5.41, 5.74) is 2.58. The standard InChI is InChI=1S/2C7H5N3O2/c11-7(12)4-1-2-5-6(3-4)9-10-8-5;11-7(12)4-2-1-3-5-6(4)9-10-8-5/h2*1-3H,(H,11,12)(H,8,9,10). The molecule has 0 aliphatic heterocycles. The van der Waals surface area contributed by atoms with Crippen LogP contribution in [-0.4, -0.2) is 53.0 Å². The van der Waals surface area contributed by atoms with Crippen LogP contribution in [0.1, 0.15) is 20.7 Å². The summed E-state index contributed by atoms with van der Waals surface area (Å²) < 4.78 is 0. The molecular weight excluding hydrogens is 316 g/mol. The summed E-state index contributed by atoms with van der Waals surface area (Å²) in [6, 6.07) is 9.41. The molecule has 24 heavy (non-hydrogen) atoms. The number of nitrogens with zero attached hydrogens (tertiary/aromatic N) is 4. The van der Waals surface area contributed by atoms with Gasteiger partial charge in [0.2, 0.25) is 0 Å². The number of rotatable bonds is 2. The fourth-order valence-electron chi connectivity index (χ4n) is 2.01. The summed E-state index contributed by atoms with van der Waals surface area (Å²) in [5.74, 6) is -1.95. The lowest BCUT2D eigenvalue weighted by atomic mass is 10.2. The van der Waals surface area contributed by atoms with Crippen molar-refractivity contribution in [3.05, 3.63) is 47.5 Å². The van der Waals surface area contributed by atoms with Crippen molar-refractivity contribution in [2.45, 2.75) is 0 Å². The van der Waals surface area contributed by atoms with Gasteiger partial charge in [-0.3, -0.25) is 0 Å². The van der Waals surface area contributed by atoms with Crippen LogP contribution in [0.2, 0.25) is 0 Å². The maximum absolute atomic E-state index is 10.6. The first-order chi connectivity index (χ1) is 11.6. The maximum Gasteiger partial charge on any atom is 0.338 e. The maximum atomic E-state index is 10.6. The number of aromatic nitrogens is 6. The number of benzene rings is 2. The van der Waals surface area contributed by atoms with Gasteiger partial charge >= 0.3 is 11.9 Å². The van der Waals surface area contributed by atoms with E-state index in [1.54, 1.807) is 18.2 Å². The minimum absolute atomic E-state index is 0.168. The predicted molar refractivity (Wildman–Crippen MR) is 81.7 cm³/mol. The average molecular weight is 326 g/mol. The number of H-pyrrole nitrogens is 2. The summed E-state index contributed by atoms with van der Waals surface area (Å²) >= 11 is 0. The van der Waals surface area contributed by atoms with Gasteiger partial charge in [0.1, 0.15) is 22.1 Å². The van der Waals surface area contributed by atoms with E-state index in [-0.39, 0.29) is 11.1 Å². The van der Waals surface area contributed by atoms with E-state index in [1.165, 1.54) is 18.2 Å². The van der Waals surface area contributed by atoms with Gasteiger partial charge in [0, 0.05) is 0 Å². The van der Waals surface area contributed by atoms with E-state index in [1.807, 2.05) is 0 Å². The molecule has 0 spiro atoms. The Bertz CT molecular complexity index is 1040. The number of fused-ring (bicyclic) bond motifs is 2. The van der Waals surface area contributed by atoms with Gasteiger partial charge in [-0.05, 0) is 30.3 Å². The summed E-state index contributed by atoms with van der Waals surface area (Å²) in [7, 11) is 0. The smallest absolute Gasteiger partial charge is 0.338 e. The molecule has 0 bridgehead atoms. The Kier molecular flexibility index (Phi) is 3.85. The van der Waals surface area contributed by atoms with Crippen molar-refractivity contribution in [3.8, 4) is 0 Å². The number of hydrogen-bond acceptors (Lipinski definition) is 6. The number of carboxylic acids is 2. The van der Waals surface area contributed by atoms with Crippen LogP contribution in [-0.2, 0) is 0 Å². The van der Waals surface area contributed by atoms with Crippen molar-refractivity contribution in [1.29, 1.82) is 0 Å². The number of carbonyl (C=O) groups is 2. The highest BCUT2D eigenvalue weighted by molar-refractivity contribution is 6.00. The number of nitrogens with one attached hydrogen (secondary N) is 2. The van der Waals surface area contributed by atoms with Gasteiger partial charge in [-0.2, -0.15) is 30.8 Å². The molecule has 2 aromatic heterocycles. The third kappa shape index (κ3) is 2.88. The summed E-state index contributed by atoms with van der Waals surface area (Å²) in [6.07, 6.45) is 0. The van der Waals surface area contributed by atoms with Crippen LogP contribution >= 0.6 is 0 Å². The highest BCUT2D eigenvalue weighted by Crippen LogP contribution is 2.12. The Morgan fingerprint density at radius 3 is 2.25 bits per heavy atom. The quantitative estimate of drug-likeness (QED) is 0.429. The molecule has 4 rings (SSSR count). The zero-order chi connectivity index (χ0) is 17.1. The molecule has 0 saturated heterocycles. The first-order valence-electron chi connectivity index (χ1n) is 6.63. The van der Waals surface area contributed by atoms with Crippen molar-refractivity contribution in [1.82, 2.24) is 30.8 Å². The van der Waals surface area contributed by atoms with Crippen LogP contribution < -0.4 is 0 Å². The van der Waals surface area contributed by atoms with Gasteiger partial charge in [0.05, 0.1) is 11.1 Å². The lowest BCUT2D eigenvalue weighted by Crippen LogP contribution is -1.96. The number of carboxylic acid groups (broad SMARTS) is 2. The molecule has 10 heteroatoms. The second-order valence-corrected chi connectivity index (χ2v) is 4.63. The summed E-state index contributed by atoms with van der Waals surface area (Å²) in [5, 5.41) is 37.2. The van der Waals surface area contributed by atoms with E-state index in [9.17, 15) is 9.59 Å². The van der Waals surface area contributed by atoms with Gasteiger partial charge in [-0.15, -0.1) is 0 Å². The lowest BCUT2D eigenvalue weighted by Gasteiger charge is -1.91. The van der Waals surface area contributed by atoms with Crippen molar-refractivity contribution in [2.75, 3.05) is 0 Å². The van der Waals surface area contributed by atoms with E-state index >= 15 is 0 Å². The molecule has 120 valence electrons. The van der Waals surface area contributed by atoms with Crippen LogP contribution in [0, 0.1) is 0 Å². The SMILES string of the molecule is O=C(O)c1ccc2n[nH]nc2c1.O=C(O)c1cccc2n[nH]nc12. The Labute approximate surface area is 133 Å². The molecule has 2 aromatic carbocycles. The molecule has 4 aromatic rings. The minimum Gasteiger partial charge on any atom is -0.478 e. The monoisotopic (exact) mass is 326 g/mol. The second kappa shape index (κ2) is 6.12. The van der Waals surface area contributed by atoms with Gasteiger partial charge < -0.3 is 10.2 Å². The predicted octanol–water partition coefficient (Wildman–Crippen LogP) is 1.31. The molecule has 0 aliphatic carbocycles. The Morgan fingerprint density at radius 2 is 1.50 bits per heavy atom. The molecule has 0 fully saturated rings. The normalized spacial score (nSPS) is 10.3. The highest BCUT2D eigenvalue weighted by Gasteiger charge is 2.09. The number of hydrogen-bond donors (Lipinski definition) is 4. The number of para-hydroxylation sites is 1. The van der Waals surface area contributed by atoms with E-state index in [0.717, 1.165) is 0 Å². The van der Waals surface area contributed by atoms with Gasteiger partial charge in [-0.1, -0.05) is 6.07 Å². The molecular formula is C14H10N6O4. The molecule has 2 heterocycles. The van der Waals surface area contributed by atoms with E-state index < -0.39 is 11.9 Å². The van der Waals surface area contributed by atoms with Crippen LogP contribution in [0.25, 0.3) is 22.1 Å². The average Bonchev–Trinajstić information content (AvgIpc) is 3.22. The molecule has 0 atom stereocenters. The highest BCUT2D eigenvalue weighted by atomic mass is 16.4. The van der Waals surface area contributed by atoms with Crippen LogP contribution in [0.4, 0.5) is 0 Å². The van der Waals surface area contributed by atoms with Crippen LogP contribution in [0.5, 0.6) is 0 Å². The Hall–Kier alpha value is -3.82. The van der Waals surface area contributed by atoms with Crippen LogP contribution in [0.3, 0.4) is 0 Å². The Morgan fingerprint density at radius 1 is 0.792 bits per heavy atom. The fourth-order valence-corrected chi connectivity index (χ4v) is 2.01. The zero-order valence-electron chi connectivity index (χ0n) is 12.0. The Balaban J connectivity index is 0.000000141. The number of aromatic amines is 2.